The van der Waals surface area contributed by atoms with Crippen molar-refractivity contribution in [2.45, 2.75) is 83.5 Å². The normalized spacial score (nSPS) is 54.1. The van der Waals surface area contributed by atoms with Crippen LogP contribution < -0.4 is 0 Å². The first-order valence-corrected chi connectivity index (χ1v) is 10.8. The molecular formula is C22H36O3. The van der Waals surface area contributed by atoms with Gasteiger partial charge in [0, 0.05) is 18.9 Å². The molecule has 3 nitrogen and oxygen atoms in total. The van der Waals surface area contributed by atoms with Crippen molar-refractivity contribution in [2.24, 2.45) is 34.5 Å². The Labute approximate surface area is 153 Å². The summed E-state index contributed by atoms with van der Waals surface area (Å²) in [6.07, 6.45) is 12.4. The molecule has 7 atom stereocenters. The maximum atomic E-state index is 6.28. The monoisotopic (exact) mass is 348 g/mol. The Morgan fingerprint density at radius 3 is 2.36 bits per heavy atom. The predicted octanol–water partition coefficient (Wildman–Crippen LogP) is 4.79. The van der Waals surface area contributed by atoms with Gasteiger partial charge in [-0.2, -0.15) is 0 Å². The second-order valence-corrected chi connectivity index (χ2v) is 10.2. The molecule has 4 aliphatic carbocycles. The molecule has 0 radical (unpaired) electrons. The molecule has 0 bridgehead atoms. The minimum atomic E-state index is -0.242. The van der Waals surface area contributed by atoms with E-state index in [9.17, 15) is 0 Å². The lowest BCUT2D eigenvalue weighted by molar-refractivity contribution is -0.248. The molecule has 1 saturated heterocycles. The van der Waals surface area contributed by atoms with E-state index in [1.54, 1.807) is 0 Å². The van der Waals surface area contributed by atoms with Crippen molar-refractivity contribution in [1.29, 1.82) is 0 Å². The van der Waals surface area contributed by atoms with Gasteiger partial charge in [0.05, 0.1) is 19.3 Å². The average molecular weight is 349 g/mol. The van der Waals surface area contributed by atoms with Crippen LogP contribution in [0, 0.1) is 34.5 Å². The van der Waals surface area contributed by atoms with E-state index in [0.717, 1.165) is 43.3 Å². The van der Waals surface area contributed by atoms with Gasteiger partial charge in [-0.1, -0.05) is 13.8 Å². The number of fused-ring (bicyclic) bond motifs is 6. The summed E-state index contributed by atoms with van der Waals surface area (Å²) in [6.45, 7) is 6.74. The summed E-state index contributed by atoms with van der Waals surface area (Å²) < 4.78 is 18.3. The molecule has 0 aromatic heterocycles. The summed E-state index contributed by atoms with van der Waals surface area (Å²) in [5.41, 5.74) is 0.796. The molecule has 0 N–H and O–H groups in total. The second-order valence-electron chi connectivity index (χ2n) is 10.2. The highest BCUT2D eigenvalue weighted by atomic mass is 16.7. The Morgan fingerprint density at radius 2 is 1.60 bits per heavy atom. The zero-order chi connectivity index (χ0) is 17.3. The molecule has 0 amide bonds. The summed E-state index contributed by atoms with van der Waals surface area (Å²) in [6, 6.07) is 0. The van der Waals surface area contributed by atoms with Crippen molar-refractivity contribution in [3.05, 3.63) is 0 Å². The van der Waals surface area contributed by atoms with Crippen molar-refractivity contribution < 1.29 is 14.2 Å². The van der Waals surface area contributed by atoms with Crippen molar-refractivity contribution in [3.63, 3.8) is 0 Å². The number of methoxy groups -OCH3 is 1. The molecule has 1 spiro atoms. The van der Waals surface area contributed by atoms with Crippen molar-refractivity contribution in [1.82, 2.24) is 0 Å². The quantitative estimate of drug-likeness (QED) is 0.682. The van der Waals surface area contributed by atoms with E-state index < -0.39 is 0 Å². The number of ether oxygens (including phenoxy) is 3. The zero-order valence-corrected chi connectivity index (χ0v) is 16.4. The van der Waals surface area contributed by atoms with Gasteiger partial charge in [0.25, 0.3) is 0 Å². The van der Waals surface area contributed by atoms with Crippen LogP contribution in [0.4, 0.5) is 0 Å². The molecule has 25 heavy (non-hydrogen) atoms. The van der Waals surface area contributed by atoms with Gasteiger partial charge in [-0.05, 0) is 80.5 Å². The lowest BCUT2D eigenvalue weighted by atomic mass is 9.45. The highest BCUT2D eigenvalue weighted by Gasteiger charge is 2.67. The van der Waals surface area contributed by atoms with Crippen LogP contribution in [0.5, 0.6) is 0 Å². The van der Waals surface area contributed by atoms with E-state index >= 15 is 0 Å². The topological polar surface area (TPSA) is 27.7 Å². The molecule has 0 aromatic carbocycles. The minimum absolute atomic E-state index is 0.242. The molecule has 1 aliphatic heterocycles. The molecule has 5 rings (SSSR count). The molecule has 4 saturated carbocycles. The summed E-state index contributed by atoms with van der Waals surface area (Å²) in [4.78, 5) is 0. The maximum absolute atomic E-state index is 6.28. The maximum Gasteiger partial charge on any atom is 0.174 e. The Bertz CT molecular complexity index is 527. The van der Waals surface area contributed by atoms with Crippen LogP contribution in [0.25, 0.3) is 0 Å². The first-order valence-electron chi connectivity index (χ1n) is 10.8. The van der Waals surface area contributed by atoms with Gasteiger partial charge in [-0.3, -0.25) is 0 Å². The fourth-order valence-corrected chi connectivity index (χ4v) is 8.32. The van der Waals surface area contributed by atoms with E-state index in [0.29, 0.717) is 11.5 Å². The molecular weight excluding hydrogens is 312 g/mol. The van der Waals surface area contributed by atoms with Crippen LogP contribution in [0.2, 0.25) is 0 Å². The van der Waals surface area contributed by atoms with Crippen LogP contribution in [0.3, 0.4) is 0 Å². The van der Waals surface area contributed by atoms with Crippen LogP contribution >= 0.6 is 0 Å². The van der Waals surface area contributed by atoms with Gasteiger partial charge >= 0.3 is 0 Å². The molecule has 0 aromatic rings. The minimum Gasteiger partial charge on any atom is -0.381 e. The summed E-state index contributed by atoms with van der Waals surface area (Å²) >= 11 is 0. The summed E-state index contributed by atoms with van der Waals surface area (Å²) in [7, 11) is 1.91. The first kappa shape index (κ1) is 17.0. The van der Waals surface area contributed by atoms with Crippen LogP contribution in [-0.2, 0) is 14.2 Å². The lowest BCUT2D eigenvalue weighted by Gasteiger charge is -2.61. The average Bonchev–Trinajstić information content (AvgIpc) is 3.21. The fraction of sp³-hybridized carbons (Fsp3) is 1.00. The standard InChI is InChI=1S/C22H36O3/c1-20-9-6-16(23-3)14-15(20)4-5-17-18(20)7-10-21(2)19(17)8-11-22(21)24-12-13-25-22/h15-19H,4-14H2,1-3H3/t15?,16-,17-,18+,19+,20+,21+/m1/s1. The zero-order valence-electron chi connectivity index (χ0n) is 16.4. The van der Waals surface area contributed by atoms with Gasteiger partial charge in [0.2, 0.25) is 0 Å². The Hall–Kier alpha value is -0.120. The van der Waals surface area contributed by atoms with Crippen LogP contribution in [0.15, 0.2) is 0 Å². The van der Waals surface area contributed by atoms with Gasteiger partial charge in [-0.25, -0.2) is 0 Å². The highest BCUT2D eigenvalue weighted by molar-refractivity contribution is 5.12. The van der Waals surface area contributed by atoms with E-state index in [2.05, 4.69) is 13.8 Å². The highest BCUT2D eigenvalue weighted by Crippen LogP contribution is 2.69. The van der Waals surface area contributed by atoms with Gasteiger partial charge in [0.15, 0.2) is 5.79 Å². The Morgan fingerprint density at radius 1 is 0.840 bits per heavy atom. The molecule has 5 fully saturated rings. The van der Waals surface area contributed by atoms with E-state index in [1.807, 2.05) is 7.11 Å². The van der Waals surface area contributed by atoms with Crippen LogP contribution in [0.1, 0.15) is 71.6 Å². The smallest absolute Gasteiger partial charge is 0.174 e. The Balaban J connectivity index is 1.42. The van der Waals surface area contributed by atoms with Crippen molar-refractivity contribution in [2.75, 3.05) is 20.3 Å². The Kier molecular flexibility index (Phi) is 3.87. The molecule has 5 aliphatic rings. The van der Waals surface area contributed by atoms with Crippen molar-refractivity contribution >= 4 is 0 Å². The third-order valence-electron chi connectivity index (χ3n) is 9.75. The van der Waals surface area contributed by atoms with E-state index in [1.165, 1.54) is 51.4 Å². The SMILES string of the molecule is CO[C@@H]1CC[C@@]2(C)C(CC[C@@H]3[C@@H]2CC[C@@]2(C)[C@H]3CCC23OCCO3)C1. The second kappa shape index (κ2) is 5.69. The van der Waals surface area contributed by atoms with E-state index in [-0.39, 0.29) is 11.2 Å². The van der Waals surface area contributed by atoms with E-state index in [4.69, 9.17) is 14.2 Å². The molecule has 1 unspecified atom stereocenters. The number of rotatable bonds is 1. The summed E-state index contributed by atoms with van der Waals surface area (Å²) in [5.74, 6) is 3.26. The van der Waals surface area contributed by atoms with Crippen LogP contribution in [-0.4, -0.2) is 32.2 Å². The predicted molar refractivity (Wildman–Crippen MR) is 97.2 cm³/mol. The van der Waals surface area contributed by atoms with Gasteiger partial charge < -0.3 is 14.2 Å². The number of hydrogen-bond acceptors (Lipinski definition) is 3. The van der Waals surface area contributed by atoms with Gasteiger partial charge in [-0.15, -0.1) is 0 Å². The summed E-state index contributed by atoms with van der Waals surface area (Å²) in [5, 5.41) is 0. The third-order valence-corrected chi connectivity index (χ3v) is 9.75. The number of hydrogen-bond donors (Lipinski definition) is 0. The fourth-order valence-electron chi connectivity index (χ4n) is 8.32. The largest absolute Gasteiger partial charge is 0.381 e. The first-order chi connectivity index (χ1) is 12.0. The third kappa shape index (κ3) is 2.15. The molecule has 142 valence electrons. The molecule has 3 heteroatoms. The van der Waals surface area contributed by atoms with Crippen molar-refractivity contribution in [3.8, 4) is 0 Å². The van der Waals surface area contributed by atoms with Gasteiger partial charge in [0.1, 0.15) is 0 Å². The lowest BCUT2D eigenvalue weighted by Crippen LogP contribution is -2.57. The molecule has 1 heterocycles.